The molecule has 0 aliphatic carbocycles. The fourth-order valence-electron chi connectivity index (χ4n) is 3.62. The minimum absolute atomic E-state index is 0.0372. The Hall–Kier alpha value is -2.86. The molecule has 1 nitrogen and oxygen atoms in total. The van der Waals surface area contributed by atoms with Gasteiger partial charge in [0.2, 0.25) is 0 Å². The highest BCUT2D eigenvalue weighted by Gasteiger charge is 2.08. The van der Waals surface area contributed by atoms with E-state index in [9.17, 15) is 0 Å². The van der Waals surface area contributed by atoms with Crippen LogP contribution in [0.25, 0.3) is 23.3 Å². The van der Waals surface area contributed by atoms with Gasteiger partial charge >= 0.3 is 0 Å². The van der Waals surface area contributed by atoms with Gasteiger partial charge in [0.25, 0.3) is 0 Å². The van der Waals surface area contributed by atoms with E-state index in [-0.39, 0.29) is 5.41 Å². The Morgan fingerprint density at radius 2 is 1.73 bits per heavy atom. The fourth-order valence-corrected chi connectivity index (χ4v) is 4.29. The van der Waals surface area contributed by atoms with Gasteiger partial charge in [0.15, 0.2) is 0 Å². The summed E-state index contributed by atoms with van der Waals surface area (Å²) in [4.78, 5) is 0. The average molecular weight is 455 g/mol. The van der Waals surface area contributed by atoms with Crippen molar-refractivity contribution in [3.8, 4) is 23.0 Å². The minimum Gasteiger partial charge on any atom is -0.384 e. The van der Waals surface area contributed by atoms with Gasteiger partial charge in [-0.15, -0.1) is 0 Å². The second-order valence-corrected chi connectivity index (χ2v) is 10.2. The van der Waals surface area contributed by atoms with E-state index in [1.165, 1.54) is 27.8 Å². The maximum atomic E-state index is 5.48. The summed E-state index contributed by atoms with van der Waals surface area (Å²) in [5.74, 6) is 6.84. The van der Waals surface area contributed by atoms with Gasteiger partial charge < -0.3 is 4.74 Å². The Morgan fingerprint density at radius 1 is 0.970 bits per heavy atom. The Morgan fingerprint density at radius 3 is 2.42 bits per heavy atom. The molecule has 0 aliphatic rings. The zero-order chi connectivity index (χ0) is 23.5. The number of allylic oxidation sites excluding steroid dienone is 2. The highest BCUT2D eigenvalue weighted by Crippen LogP contribution is 2.24. The number of benzene rings is 2. The molecule has 0 spiro atoms. The fraction of sp³-hybridized carbons (Fsp3) is 0.290. The molecule has 0 saturated heterocycles. The molecule has 1 aromatic heterocycles. The Bertz CT molecular complexity index is 1120. The van der Waals surface area contributed by atoms with E-state index in [2.05, 4.69) is 116 Å². The number of hydrogen-bond donors (Lipinski definition) is 0. The smallest absolute Gasteiger partial charge is 0.0496 e. The lowest BCUT2D eigenvalue weighted by Gasteiger charge is -2.14. The van der Waals surface area contributed by atoms with Crippen LogP contribution in [0.2, 0.25) is 0 Å². The largest absolute Gasteiger partial charge is 0.384 e. The van der Waals surface area contributed by atoms with E-state index >= 15 is 0 Å². The van der Waals surface area contributed by atoms with Crippen molar-refractivity contribution in [2.24, 2.45) is 11.3 Å². The SMILES string of the molecule is COCC(CC=CC#CC(C)(C)C)Cc1cccc(C=Cc2cccc(-c3ccsc3)c2)c1. The highest BCUT2D eigenvalue weighted by molar-refractivity contribution is 7.08. The molecular weight excluding hydrogens is 420 g/mol. The Kier molecular flexibility index (Phi) is 9.31. The van der Waals surface area contributed by atoms with Gasteiger partial charge in [-0.2, -0.15) is 11.3 Å². The van der Waals surface area contributed by atoms with Crippen molar-refractivity contribution in [3.63, 3.8) is 0 Å². The summed E-state index contributed by atoms with van der Waals surface area (Å²) in [6, 6.07) is 19.6. The van der Waals surface area contributed by atoms with Crippen LogP contribution in [0.15, 0.2) is 77.5 Å². The molecule has 0 saturated carbocycles. The van der Waals surface area contributed by atoms with Crippen LogP contribution >= 0.6 is 11.3 Å². The van der Waals surface area contributed by atoms with Gasteiger partial charge in [0, 0.05) is 19.1 Å². The van der Waals surface area contributed by atoms with Crippen LogP contribution in [0.5, 0.6) is 0 Å². The summed E-state index contributed by atoms with van der Waals surface area (Å²) in [5, 5.41) is 4.31. The van der Waals surface area contributed by atoms with Gasteiger partial charge in [-0.3, -0.25) is 0 Å². The molecule has 170 valence electrons. The maximum absolute atomic E-state index is 5.48. The van der Waals surface area contributed by atoms with Crippen molar-refractivity contribution >= 4 is 23.5 Å². The number of methoxy groups -OCH3 is 1. The summed E-state index contributed by atoms with van der Waals surface area (Å²) >= 11 is 1.73. The molecule has 33 heavy (non-hydrogen) atoms. The van der Waals surface area contributed by atoms with Crippen LogP contribution in [-0.4, -0.2) is 13.7 Å². The molecule has 0 amide bonds. The lowest BCUT2D eigenvalue weighted by atomic mass is 9.95. The lowest BCUT2D eigenvalue weighted by Crippen LogP contribution is -2.10. The standard InChI is InChI=1S/C31H34OS/c1-31(2,3)18-7-5-6-10-28(23-32-4)21-27-13-8-11-25(20-27)15-16-26-12-9-14-29(22-26)30-17-19-33-24-30/h5-6,8-9,11-17,19-20,22,24,28H,10,21,23H2,1-4H3. The van der Waals surface area contributed by atoms with Crippen LogP contribution in [0.1, 0.15) is 43.9 Å². The van der Waals surface area contributed by atoms with Crippen molar-refractivity contribution in [2.75, 3.05) is 13.7 Å². The van der Waals surface area contributed by atoms with Gasteiger partial charge in [-0.25, -0.2) is 0 Å². The Balaban J connectivity index is 1.65. The predicted octanol–water partition coefficient (Wildman–Crippen LogP) is 8.39. The van der Waals surface area contributed by atoms with Crippen LogP contribution in [0, 0.1) is 23.2 Å². The average Bonchev–Trinajstić information content (AvgIpc) is 3.32. The molecule has 1 unspecified atom stereocenters. The first-order valence-electron chi connectivity index (χ1n) is 11.5. The van der Waals surface area contributed by atoms with Crippen molar-refractivity contribution in [3.05, 3.63) is 94.2 Å². The summed E-state index contributed by atoms with van der Waals surface area (Å²) in [6.07, 6.45) is 10.5. The topological polar surface area (TPSA) is 9.23 Å². The second-order valence-electron chi connectivity index (χ2n) is 9.40. The first kappa shape index (κ1) is 24.8. The van der Waals surface area contributed by atoms with E-state index in [4.69, 9.17) is 4.74 Å². The van der Waals surface area contributed by atoms with Gasteiger partial charge in [0.1, 0.15) is 0 Å². The Labute approximate surface area is 203 Å². The predicted molar refractivity (Wildman–Crippen MR) is 145 cm³/mol. The quantitative estimate of drug-likeness (QED) is 0.233. The first-order valence-corrected chi connectivity index (χ1v) is 12.4. The van der Waals surface area contributed by atoms with Crippen LogP contribution < -0.4 is 0 Å². The van der Waals surface area contributed by atoms with Crippen molar-refractivity contribution < 1.29 is 4.74 Å². The van der Waals surface area contributed by atoms with E-state index in [0.717, 1.165) is 19.4 Å². The zero-order valence-corrected chi connectivity index (χ0v) is 21.0. The first-order chi connectivity index (χ1) is 15.9. The van der Waals surface area contributed by atoms with Gasteiger partial charge in [0.05, 0.1) is 0 Å². The molecule has 3 rings (SSSR count). The van der Waals surface area contributed by atoms with Crippen molar-refractivity contribution in [1.82, 2.24) is 0 Å². The van der Waals surface area contributed by atoms with Gasteiger partial charge in [-0.05, 0) is 96.3 Å². The highest BCUT2D eigenvalue weighted by atomic mass is 32.1. The maximum Gasteiger partial charge on any atom is 0.0496 e. The molecule has 0 bridgehead atoms. The third-order valence-corrected chi connectivity index (χ3v) is 5.89. The lowest BCUT2D eigenvalue weighted by molar-refractivity contribution is 0.153. The molecule has 2 aromatic carbocycles. The second kappa shape index (κ2) is 12.4. The third-order valence-electron chi connectivity index (χ3n) is 5.20. The van der Waals surface area contributed by atoms with Gasteiger partial charge in [-0.1, -0.05) is 72.5 Å². The number of hydrogen-bond acceptors (Lipinski definition) is 2. The molecule has 0 N–H and O–H groups in total. The van der Waals surface area contributed by atoms with E-state index in [0.29, 0.717) is 5.92 Å². The van der Waals surface area contributed by atoms with E-state index < -0.39 is 0 Å². The number of ether oxygens (including phenoxy) is 1. The summed E-state index contributed by atoms with van der Waals surface area (Å²) in [5.41, 5.74) is 6.34. The van der Waals surface area contributed by atoms with Crippen LogP contribution in [0.3, 0.4) is 0 Å². The summed E-state index contributed by atoms with van der Waals surface area (Å²) in [6.45, 7) is 7.13. The molecule has 0 fully saturated rings. The number of thiophene rings is 1. The molecule has 2 heteroatoms. The minimum atomic E-state index is 0.0372. The van der Waals surface area contributed by atoms with Crippen LogP contribution in [-0.2, 0) is 11.2 Å². The normalized spacial score (nSPS) is 12.7. The van der Waals surface area contributed by atoms with Crippen molar-refractivity contribution in [1.29, 1.82) is 0 Å². The zero-order valence-electron chi connectivity index (χ0n) is 20.2. The van der Waals surface area contributed by atoms with Crippen LogP contribution in [0.4, 0.5) is 0 Å². The number of rotatable bonds is 9. The molecular formula is C31H34OS. The monoisotopic (exact) mass is 454 g/mol. The summed E-state index contributed by atoms with van der Waals surface area (Å²) in [7, 11) is 1.78. The van der Waals surface area contributed by atoms with Crippen molar-refractivity contribution in [2.45, 2.75) is 33.6 Å². The molecule has 0 aliphatic heterocycles. The molecule has 3 aromatic rings. The van der Waals surface area contributed by atoms with E-state index in [1.807, 2.05) is 6.08 Å². The summed E-state index contributed by atoms with van der Waals surface area (Å²) < 4.78 is 5.48. The molecule has 1 atom stereocenters. The molecule has 1 heterocycles. The molecule has 0 radical (unpaired) electrons. The third kappa shape index (κ3) is 8.89. The van der Waals surface area contributed by atoms with E-state index in [1.54, 1.807) is 18.4 Å².